The van der Waals surface area contributed by atoms with Crippen molar-refractivity contribution in [3.05, 3.63) is 34.4 Å². The summed E-state index contributed by atoms with van der Waals surface area (Å²) in [7, 11) is 1.63. The molecule has 1 aliphatic heterocycles. The Balaban J connectivity index is 2.28. The van der Waals surface area contributed by atoms with E-state index in [0.717, 1.165) is 28.0 Å². The van der Waals surface area contributed by atoms with E-state index in [1.54, 1.807) is 14.0 Å². The minimum absolute atomic E-state index is 0.105. The van der Waals surface area contributed by atoms with Crippen LogP contribution in [0.4, 0.5) is 0 Å². The number of aryl methyl sites for hydroxylation is 1. The number of hydrogen-bond acceptors (Lipinski definition) is 4. The highest BCUT2D eigenvalue weighted by Crippen LogP contribution is 2.46. The van der Waals surface area contributed by atoms with Crippen LogP contribution in [0.15, 0.2) is 17.7 Å². The Hall–Kier alpha value is -1.81. The molecule has 0 saturated heterocycles. The van der Waals surface area contributed by atoms with Crippen LogP contribution in [0.1, 0.15) is 36.5 Å². The summed E-state index contributed by atoms with van der Waals surface area (Å²) in [5.41, 5.74) is 4.42. The van der Waals surface area contributed by atoms with Crippen molar-refractivity contribution in [1.29, 1.82) is 0 Å². The molecule has 1 unspecified atom stereocenters. The number of carbonyl (C=O) groups excluding carboxylic acids is 1. The molecule has 1 heterocycles. The molecule has 0 fully saturated rings. The number of benzene rings is 1. The Kier molecular flexibility index (Phi) is 2.87. The van der Waals surface area contributed by atoms with Gasteiger partial charge in [0.05, 0.1) is 7.11 Å². The van der Waals surface area contributed by atoms with Gasteiger partial charge < -0.3 is 14.6 Å². The number of aliphatic hydroxyl groups is 1. The number of carbonyl (C=O) groups is 1. The van der Waals surface area contributed by atoms with Crippen LogP contribution in [-0.2, 0) is 9.53 Å². The molecule has 0 saturated carbocycles. The van der Waals surface area contributed by atoms with Crippen LogP contribution < -0.4 is 4.74 Å². The Morgan fingerprint density at radius 1 is 1.30 bits per heavy atom. The standard InChI is InChI=1S/C16H18O4/c1-7-5-11-10(6-12(7)19-4)8(2)14(17)15-13(11)9(3)16(18)20-15/h5-6,8,14-15,17H,1-4H3/t8-,14+,15?/m1/s1. The van der Waals surface area contributed by atoms with Crippen molar-refractivity contribution in [1.82, 2.24) is 0 Å². The van der Waals surface area contributed by atoms with Gasteiger partial charge in [-0.25, -0.2) is 4.79 Å². The minimum atomic E-state index is -0.716. The summed E-state index contributed by atoms with van der Waals surface area (Å²) < 4.78 is 10.7. The average molecular weight is 274 g/mol. The first-order valence-electron chi connectivity index (χ1n) is 6.74. The molecule has 1 aliphatic carbocycles. The van der Waals surface area contributed by atoms with Gasteiger partial charge >= 0.3 is 5.97 Å². The normalized spacial score (nSPS) is 28.1. The van der Waals surface area contributed by atoms with Gasteiger partial charge in [-0.05, 0) is 42.7 Å². The third-order valence-electron chi connectivity index (χ3n) is 4.40. The third kappa shape index (κ3) is 1.61. The second kappa shape index (κ2) is 4.35. The van der Waals surface area contributed by atoms with Crippen molar-refractivity contribution in [2.24, 2.45) is 0 Å². The van der Waals surface area contributed by atoms with E-state index >= 15 is 0 Å². The van der Waals surface area contributed by atoms with Gasteiger partial charge in [0.2, 0.25) is 0 Å². The summed E-state index contributed by atoms with van der Waals surface area (Å²) in [4.78, 5) is 11.8. The summed E-state index contributed by atoms with van der Waals surface area (Å²) in [6.07, 6.45) is -1.26. The molecule has 1 aromatic rings. The summed E-state index contributed by atoms with van der Waals surface area (Å²) in [5, 5.41) is 10.4. The minimum Gasteiger partial charge on any atom is -0.496 e. The van der Waals surface area contributed by atoms with Crippen LogP contribution >= 0.6 is 0 Å². The van der Waals surface area contributed by atoms with Crippen molar-refractivity contribution in [2.75, 3.05) is 7.11 Å². The molecule has 3 rings (SSSR count). The largest absolute Gasteiger partial charge is 0.496 e. The van der Waals surface area contributed by atoms with E-state index in [2.05, 4.69) is 0 Å². The maximum atomic E-state index is 11.8. The van der Waals surface area contributed by atoms with Crippen LogP contribution in [0.3, 0.4) is 0 Å². The molecule has 2 aliphatic rings. The third-order valence-corrected chi connectivity index (χ3v) is 4.40. The number of aliphatic hydroxyl groups excluding tert-OH is 1. The van der Waals surface area contributed by atoms with Gasteiger partial charge in [-0.3, -0.25) is 0 Å². The average Bonchev–Trinajstić information content (AvgIpc) is 2.72. The van der Waals surface area contributed by atoms with Gasteiger partial charge in [0.15, 0.2) is 6.10 Å². The lowest BCUT2D eigenvalue weighted by molar-refractivity contribution is -0.143. The molecule has 0 aromatic heterocycles. The Labute approximate surface area is 118 Å². The van der Waals surface area contributed by atoms with Crippen LogP contribution in [-0.4, -0.2) is 30.4 Å². The second-order valence-corrected chi connectivity index (χ2v) is 5.55. The van der Waals surface area contributed by atoms with Crippen molar-refractivity contribution < 1.29 is 19.4 Å². The molecule has 20 heavy (non-hydrogen) atoms. The fourth-order valence-corrected chi connectivity index (χ4v) is 3.16. The quantitative estimate of drug-likeness (QED) is 0.797. The van der Waals surface area contributed by atoms with E-state index in [9.17, 15) is 9.90 Å². The number of methoxy groups -OCH3 is 1. The molecule has 1 N–H and O–H groups in total. The van der Waals surface area contributed by atoms with Crippen LogP contribution in [0, 0.1) is 6.92 Å². The highest BCUT2D eigenvalue weighted by atomic mass is 16.6. The van der Waals surface area contributed by atoms with Crippen LogP contribution in [0.25, 0.3) is 5.57 Å². The second-order valence-electron chi connectivity index (χ2n) is 5.55. The van der Waals surface area contributed by atoms with Gasteiger partial charge in [0, 0.05) is 17.1 Å². The van der Waals surface area contributed by atoms with Crippen LogP contribution in [0.2, 0.25) is 0 Å². The highest BCUT2D eigenvalue weighted by Gasteiger charge is 2.45. The zero-order valence-corrected chi connectivity index (χ0v) is 12.1. The number of esters is 1. The smallest absolute Gasteiger partial charge is 0.334 e. The maximum Gasteiger partial charge on any atom is 0.334 e. The first-order chi connectivity index (χ1) is 9.45. The molecule has 4 nitrogen and oxygen atoms in total. The number of fused-ring (bicyclic) bond motifs is 3. The molecular formula is C16H18O4. The number of ether oxygens (including phenoxy) is 2. The molecule has 0 spiro atoms. The van der Waals surface area contributed by atoms with Gasteiger partial charge in [-0.15, -0.1) is 0 Å². The zero-order chi connectivity index (χ0) is 14.6. The first-order valence-corrected chi connectivity index (χ1v) is 6.74. The SMILES string of the molecule is COc1cc2c(cc1C)C1=C(C)C(=O)OC1[C@@H](O)[C@@H]2C. The number of rotatable bonds is 1. The lowest BCUT2D eigenvalue weighted by Gasteiger charge is -2.34. The fraction of sp³-hybridized carbons (Fsp3) is 0.438. The molecule has 4 heteroatoms. The summed E-state index contributed by atoms with van der Waals surface area (Å²) in [5.74, 6) is 0.356. The fourth-order valence-electron chi connectivity index (χ4n) is 3.16. The summed E-state index contributed by atoms with van der Waals surface area (Å²) in [6.45, 7) is 5.66. The molecule has 106 valence electrons. The topological polar surface area (TPSA) is 55.8 Å². The monoisotopic (exact) mass is 274 g/mol. The van der Waals surface area contributed by atoms with Crippen molar-refractivity contribution in [3.8, 4) is 5.75 Å². The van der Waals surface area contributed by atoms with Crippen molar-refractivity contribution >= 4 is 11.5 Å². The predicted molar refractivity (Wildman–Crippen MR) is 74.6 cm³/mol. The Bertz CT molecular complexity index is 630. The summed E-state index contributed by atoms with van der Waals surface area (Å²) >= 11 is 0. The highest BCUT2D eigenvalue weighted by molar-refractivity contribution is 6.03. The van der Waals surface area contributed by atoms with Crippen LogP contribution in [0.5, 0.6) is 5.75 Å². The lowest BCUT2D eigenvalue weighted by Crippen LogP contribution is -2.36. The first kappa shape index (κ1) is 13.2. The van der Waals surface area contributed by atoms with E-state index in [4.69, 9.17) is 9.47 Å². The van der Waals surface area contributed by atoms with E-state index in [0.29, 0.717) is 5.57 Å². The summed E-state index contributed by atoms with van der Waals surface area (Å²) in [6, 6.07) is 3.97. The maximum absolute atomic E-state index is 11.8. The molecule has 1 aromatic carbocycles. The Morgan fingerprint density at radius 3 is 2.65 bits per heavy atom. The van der Waals surface area contributed by atoms with E-state index < -0.39 is 12.2 Å². The van der Waals surface area contributed by atoms with Gasteiger partial charge in [-0.2, -0.15) is 0 Å². The van der Waals surface area contributed by atoms with E-state index in [1.165, 1.54) is 0 Å². The molecule has 0 bridgehead atoms. The number of hydrogen-bond donors (Lipinski definition) is 1. The molecule has 3 atom stereocenters. The zero-order valence-electron chi connectivity index (χ0n) is 12.1. The molecule has 0 amide bonds. The van der Waals surface area contributed by atoms with E-state index in [1.807, 2.05) is 26.0 Å². The lowest BCUT2D eigenvalue weighted by atomic mass is 9.76. The Morgan fingerprint density at radius 2 is 2.00 bits per heavy atom. The van der Waals surface area contributed by atoms with Gasteiger partial charge in [0.1, 0.15) is 11.9 Å². The van der Waals surface area contributed by atoms with E-state index in [-0.39, 0.29) is 11.9 Å². The molecular weight excluding hydrogens is 256 g/mol. The van der Waals surface area contributed by atoms with Gasteiger partial charge in [-0.1, -0.05) is 6.92 Å². The van der Waals surface area contributed by atoms with Crippen molar-refractivity contribution in [3.63, 3.8) is 0 Å². The predicted octanol–water partition coefficient (Wildman–Crippen LogP) is 2.18. The molecule has 0 radical (unpaired) electrons. The van der Waals surface area contributed by atoms with Crippen molar-refractivity contribution in [2.45, 2.75) is 38.9 Å². The van der Waals surface area contributed by atoms with Gasteiger partial charge in [0.25, 0.3) is 0 Å².